The normalized spacial score (nSPS) is 12.2. The third kappa shape index (κ3) is 6.17. The van der Waals surface area contributed by atoms with Crippen LogP contribution in [0.5, 0.6) is 11.5 Å². The second-order valence-electron chi connectivity index (χ2n) is 9.94. The summed E-state index contributed by atoms with van der Waals surface area (Å²) in [6.45, 7) is 7.48. The first-order chi connectivity index (χ1) is 18.6. The van der Waals surface area contributed by atoms with Gasteiger partial charge in [0.2, 0.25) is 11.8 Å². The van der Waals surface area contributed by atoms with Crippen molar-refractivity contribution in [1.29, 1.82) is 0 Å². The summed E-state index contributed by atoms with van der Waals surface area (Å²) < 4.78 is 27.9. The molecule has 0 saturated carbocycles. The number of methoxy groups -OCH3 is 1. The van der Waals surface area contributed by atoms with Crippen molar-refractivity contribution in [1.82, 2.24) is 20.3 Å². The quantitative estimate of drug-likeness (QED) is 0.336. The Morgan fingerprint density at radius 3 is 2.46 bits per heavy atom. The number of carbonyl (C=O) groups is 2. The van der Waals surface area contributed by atoms with Crippen molar-refractivity contribution in [3.05, 3.63) is 78.1 Å². The second-order valence-corrected chi connectivity index (χ2v) is 9.94. The van der Waals surface area contributed by atoms with E-state index in [0.29, 0.717) is 34.7 Å². The molecule has 4 aromatic rings. The van der Waals surface area contributed by atoms with Crippen LogP contribution in [0.3, 0.4) is 0 Å². The maximum absolute atomic E-state index is 15.3. The number of halogens is 1. The van der Waals surface area contributed by atoms with Crippen LogP contribution in [0.2, 0.25) is 0 Å². The summed E-state index contributed by atoms with van der Waals surface area (Å²) in [5.41, 5.74) is 0.987. The maximum Gasteiger partial charge on any atom is 0.249 e. The number of benzene rings is 3. The average molecular weight is 534 g/mol. The lowest BCUT2D eigenvalue weighted by Gasteiger charge is -2.34. The summed E-state index contributed by atoms with van der Waals surface area (Å²) >= 11 is 0. The Labute approximate surface area is 226 Å². The molecule has 0 aliphatic heterocycles. The van der Waals surface area contributed by atoms with Gasteiger partial charge < -0.3 is 14.8 Å². The van der Waals surface area contributed by atoms with Crippen molar-refractivity contribution < 1.29 is 23.5 Å². The predicted molar refractivity (Wildman–Crippen MR) is 146 cm³/mol. The number of nitrogens with zero attached hydrogens (tertiary/aromatic N) is 4. The van der Waals surface area contributed by atoms with Crippen LogP contribution in [-0.4, -0.2) is 46.1 Å². The van der Waals surface area contributed by atoms with Gasteiger partial charge in [-0.15, -0.1) is 5.10 Å². The number of amides is 2. The van der Waals surface area contributed by atoms with Crippen LogP contribution in [0, 0.1) is 5.82 Å². The zero-order valence-electron chi connectivity index (χ0n) is 22.6. The Kier molecular flexibility index (Phi) is 8.13. The van der Waals surface area contributed by atoms with Gasteiger partial charge in [0.05, 0.1) is 24.9 Å². The van der Waals surface area contributed by atoms with Crippen LogP contribution in [0.25, 0.3) is 11.0 Å². The van der Waals surface area contributed by atoms with Gasteiger partial charge in [-0.25, -0.2) is 9.07 Å². The van der Waals surface area contributed by atoms with Crippen molar-refractivity contribution in [3.63, 3.8) is 0 Å². The monoisotopic (exact) mass is 533 g/mol. The van der Waals surface area contributed by atoms with Crippen molar-refractivity contribution in [2.24, 2.45) is 0 Å². The summed E-state index contributed by atoms with van der Waals surface area (Å²) in [4.78, 5) is 29.1. The molecule has 0 unspecified atom stereocenters. The van der Waals surface area contributed by atoms with Gasteiger partial charge in [-0.3, -0.25) is 14.5 Å². The Bertz CT molecular complexity index is 1480. The predicted octanol–water partition coefficient (Wildman–Crippen LogP) is 4.67. The number of ether oxygens (including phenoxy) is 2. The van der Waals surface area contributed by atoms with E-state index in [0.717, 1.165) is 0 Å². The lowest BCUT2D eigenvalue weighted by atomic mass is 10.00. The van der Waals surface area contributed by atoms with Gasteiger partial charge in [0.25, 0.3) is 0 Å². The standard InChI is InChI=1S/C29H32FN5O4/c1-6-39-24-16-15-19(17-25(24)38-5)27(28(37)31-29(2,3)4)35(22-13-9-7-11-20(22)30)26(36)18-34-23-14-10-8-12-21(23)32-33-34/h7-17,27H,6,18H2,1-5H3,(H,31,37)/t27-/m0/s1. The second kappa shape index (κ2) is 11.5. The lowest BCUT2D eigenvalue weighted by molar-refractivity contribution is -0.128. The van der Waals surface area contributed by atoms with Crippen molar-refractivity contribution >= 4 is 28.5 Å². The average Bonchev–Trinajstić information content (AvgIpc) is 3.30. The lowest BCUT2D eigenvalue weighted by Crippen LogP contribution is -2.50. The number of anilines is 1. The molecule has 1 atom stereocenters. The van der Waals surface area contributed by atoms with E-state index in [1.54, 1.807) is 36.4 Å². The van der Waals surface area contributed by atoms with Gasteiger partial charge in [0, 0.05) is 5.54 Å². The molecule has 0 fully saturated rings. The topological polar surface area (TPSA) is 98.6 Å². The highest BCUT2D eigenvalue weighted by Gasteiger charge is 2.36. The maximum atomic E-state index is 15.3. The molecule has 0 aliphatic carbocycles. The zero-order chi connectivity index (χ0) is 28.2. The molecule has 10 heteroatoms. The van der Waals surface area contributed by atoms with E-state index in [2.05, 4.69) is 15.6 Å². The zero-order valence-corrected chi connectivity index (χ0v) is 22.6. The molecule has 204 valence electrons. The van der Waals surface area contributed by atoms with Crippen LogP contribution >= 0.6 is 0 Å². The van der Waals surface area contributed by atoms with Gasteiger partial charge >= 0.3 is 0 Å². The number of fused-ring (bicyclic) bond motifs is 1. The Morgan fingerprint density at radius 1 is 1.05 bits per heavy atom. The highest BCUT2D eigenvalue weighted by molar-refractivity contribution is 6.01. The smallest absolute Gasteiger partial charge is 0.249 e. The van der Waals surface area contributed by atoms with E-state index in [-0.39, 0.29) is 12.2 Å². The SMILES string of the molecule is CCOc1ccc([C@@H](C(=O)NC(C)(C)C)N(C(=O)Cn2nnc3ccccc32)c2ccccc2F)cc1OC. The van der Waals surface area contributed by atoms with Gasteiger partial charge in [0.15, 0.2) is 11.5 Å². The Hall–Kier alpha value is -4.47. The highest BCUT2D eigenvalue weighted by Crippen LogP contribution is 2.36. The first-order valence-electron chi connectivity index (χ1n) is 12.6. The van der Waals surface area contributed by atoms with E-state index < -0.39 is 29.2 Å². The molecule has 0 saturated heterocycles. The fraction of sp³-hybridized carbons (Fsp3) is 0.310. The fourth-order valence-corrected chi connectivity index (χ4v) is 4.29. The molecule has 1 aromatic heterocycles. The van der Waals surface area contributed by atoms with E-state index >= 15 is 4.39 Å². The number of aromatic nitrogens is 3. The van der Waals surface area contributed by atoms with Crippen LogP contribution in [-0.2, 0) is 16.1 Å². The summed E-state index contributed by atoms with van der Waals surface area (Å²) in [5, 5.41) is 11.2. The molecule has 1 N–H and O–H groups in total. The minimum atomic E-state index is -1.24. The highest BCUT2D eigenvalue weighted by atomic mass is 19.1. The summed E-state index contributed by atoms with van der Waals surface area (Å²) in [5.74, 6) is -0.838. The van der Waals surface area contributed by atoms with Crippen LogP contribution in [0.1, 0.15) is 39.3 Å². The number of hydrogen-bond acceptors (Lipinski definition) is 6. The van der Waals surface area contributed by atoms with Crippen LogP contribution < -0.4 is 19.7 Å². The molecular formula is C29H32FN5O4. The molecule has 2 amide bonds. The third-order valence-electron chi connectivity index (χ3n) is 5.89. The fourth-order valence-electron chi connectivity index (χ4n) is 4.29. The third-order valence-corrected chi connectivity index (χ3v) is 5.89. The number of carbonyl (C=O) groups excluding carboxylic acids is 2. The van der Waals surface area contributed by atoms with Crippen LogP contribution in [0.15, 0.2) is 66.7 Å². The summed E-state index contributed by atoms with van der Waals surface area (Å²) in [6, 6.07) is 16.8. The molecule has 39 heavy (non-hydrogen) atoms. The molecule has 0 spiro atoms. The molecular weight excluding hydrogens is 501 g/mol. The van der Waals surface area contributed by atoms with E-state index in [9.17, 15) is 9.59 Å². The molecule has 0 bridgehead atoms. The minimum absolute atomic E-state index is 0.0474. The van der Waals surface area contributed by atoms with Crippen LogP contribution in [0.4, 0.5) is 10.1 Å². The summed E-state index contributed by atoms with van der Waals surface area (Å²) in [7, 11) is 1.49. The van der Waals surface area contributed by atoms with Crippen molar-refractivity contribution in [2.45, 2.75) is 45.8 Å². The van der Waals surface area contributed by atoms with E-state index in [1.165, 1.54) is 34.9 Å². The van der Waals surface area contributed by atoms with Crippen molar-refractivity contribution in [3.8, 4) is 11.5 Å². The largest absolute Gasteiger partial charge is 0.493 e. The minimum Gasteiger partial charge on any atom is -0.493 e. The number of para-hydroxylation sites is 2. The molecule has 0 aliphatic rings. The number of nitrogens with one attached hydrogen (secondary N) is 1. The molecule has 1 heterocycles. The molecule has 0 radical (unpaired) electrons. The van der Waals surface area contributed by atoms with Crippen molar-refractivity contribution in [2.75, 3.05) is 18.6 Å². The van der Waals surface area contributed by atoms with Gasteiger partial charge in [0.1, 0.15) is 23.9 Å². The molecule has 9 nitrogen and oxygen atoms in total. The van der Waals surface area contributed by atoms with E-state index in [4.69, 9.17) is 9.47 Å². The number of hydrogen-bond donors (Lipinski definition) is 1. The number of rotatable bonds is 9. The first-order valence-corrected chi connectivity index (χ1v) is 12.6. The van der Waals surface area contributed by atoms with Gasteiger partial charge in [-0.05, 0) is 69.7 Å². The molecule has 3 aromatic carbocycles. The first kappa shape index (κ1) is 27.6. The Balaban J connectivity index is 1.87. The molecule has 4 rings (SSSR count). The Morgan fingerprint density at radius 2 is 1.77 bits per heavy atom. The van der Waals surface area contributed by atoms with Gasteiger partial charge in [-0.2, -0.15) is 0 Å². The van der Waals surface area contributed by atoms with E-state index in [1.807, 2.05) is 39.8 Å². The van der Waals surface area contributed by atoms with Gasteiger partial charge in [-0.1, -0.05) is 35.5 Å². The summed E-state index contributed by atoms with van der Waals surface area (Å²) in [6.07, 6.45) is 0.